The molecule has 8 heteroatoms. The largest absolute Gasteiger partial charge is 0.495 e. The van der Waals surface area contributed by atoms with Crippen LogP contribution < -0.4 is 14.3 Å². The Balaban J connectivity index is 1.90. The Hall–Kier alpha value is -2.29. The van der Waals surface area contributed by atoms with Gasteiger partial charge in [0.1, 0.15) is 21.7 Å². The number of aromatic nitrogens is 1. The lowest BCUT2D eigenvalue weighted by Gasteiger charge is -2.10. The first kappa shape index (κ1) is 22.4. The Morgan fingerprint density at radius 2 is 1.83 bits per heavy atom. The molecule has 1 aromatic heterocycles. The van der Waals surface area contributed by atoms with Gasteiger partial charge < -0.3 is 18.8 Å². The molecule has 3 rings (SSSR count). The second kappa shape index (κ2) is 11.2. The molecule has 6 nitrogen and oxygen atoms in total. The molecule has 0 fully saturated rings. The molecule has 1 amide bonds. The number of ether oxygens (including phenoxy) is 3. The van der Waals surface area contributed by atoms with E-state index in [9.17, 15) is 4.79 Å². The third-order valence-electron chi connectivity index (χ3n) is 4.41. The molecule has 30 heavy (non-hydrogen) atoms. The van der Waals surface area contributed by atoms with E-state index in [1.54, 1.807) is 26.0 Å². The molecule has 0 aliphatic rings. The Morgan fingerprint density at radius 1 is 1.10 bits per heavy atom. The summed E-state index contributed by atoms with van der Waals surface area (Å²) in [5.41, 5.74) is 2.06. The van der Waals surface area contributed by atoms with Crippen molar-refractivity contribution in [3.8, 4) is 11.5 Å². The summed E-state index contributed by atoms with van der Waals surface area (Å²) in [4.78, 5) is 17.6. The summed E-state index contributed by atoms with van der Waals surface area (Å²) in [6.45, 7) is 3.68. The zero-order valence-corrected chi connectivity index (χ0v) is 19.1. The number of thiazole rings is 1. The van der Waals surface area contributed by atoms with Crippen LogP contribution in [0.5, 0.6) is 11.5 Å². The Bertz CT molecular complexity index is 1040. The molecule has 0 aliphatic heterocycles. The summed E-state index contributed by atoms with van der Waals surface area (Å²) >= 11 is 2.99. The molecule has 0 bridgehead atoms. The van der Waals surface area contributed by atoms with Crippen LogP contribution in [0.4, 0.5) is 0 Å². The molecule has 3 aromatic rings. The normalized spacial score (nSPS) is 11.8. The topological polar surface area (TPSA) is 62.1 Å². The van der Waals surface area contributed by atoms with Gasteiger partial charge in [-0.3, -0.25) is 4.79 Å². The Morgan fingerprint density at radius 3 is 2.53 bits per heavy atom. The lowest BCUT2D eigenvalue weighted by Crippen LogP contribution is -2.20. The van der Waals surface area contributed by atoms with Gasteiger partial charge in [0, 0.05) is 18.9 Å². The van der Waals surface area contributed by atoms with Gasteiger partial charge in [-0.15, -0.1) is 11.8 Å². The molecule has 0 atom stereocenters. The number of carbonyl (C=O) groups excluding carboxylic acids is 1. The van der Waals surface area contributed by atoms with E-state index in [0.29, 0.717) is 36.1 Å². The molecule has 2 aromatic carbocycles. The van der Waals surface area contributed by atoms with Gasteiger partial charge in [-0.1, -0.05) is 41.7 Å². The first-order valence-electron chi connectivity index (χ1n) is 9.69. The minimum Gasteiger partial charge on any atom is -0.495 e. The highest BCUT2D eigenvalue weighted by Crippen LogP contribution is 2.35. The zero-order valence-electron chi connectivity index (χ0n) is 17.4. The van der Waals surface area contributed by atoms with E-state index in [1.165, 1.54) is 16.9 Å². The van der Waals surface area contributed by atoms with E-state index >= 15 is 0 Å². The van der Waals surface area contributed by atoms with Crippen molar-refractivity contribution in [1.82, 2.24) is 4.57 Å². The number of hydrogen-bond donors (Lipinski definition) is 0. The maximum atomic E-state index is 12.6. The van der Waals surface area contributed by atoms with E-state index in [0.717, 1.165) is 21.7 Å². The van der Waals surface area contributed by atoms with Crippen LogP contribution >= 0.6 is 23.1 Å². The maximum absolute atomic E-state index is 12.6. The smallest absolute Gasteiger partial charge is 0.258 e. The Labute approximate surface area is 184 Å². The highest BCUT2D eigenvalue weighted by atomic mass is 32.2. The van der Waals surface area contributed by atoms with Gasteiger partial charge in [-0.2, -0.15) is 4.99 Å². The van der Waals surface area contributed by atoms with E-state index in [1.807, 2.05) is 41.8 Å². The lowest BCUT2D eigenvalue weighted by molar-refractivity contribution is -0.115. The van der Waals surface area contributed by atoms with Crippen molar-refractivity contribution in [1.29, 1.82) is 0 Å². The fourth-order valence-electron chi connectivity index (χ4n) is 3.02. The summed E-state index contributed by atoms with van der Waals surface area (Å²) in [7, 11) is 3.27. The molecule has 1 heterocycles. The number of amides is 1. The quantitative estimate of drug-likeness (QED) is 0.439. The number of carbonyl (C=O) groups is 1. The first-order valence-corrected chi connectivity index (χ1v) is 11.7. The summed E-state index contributed by atoms with van der Waals surface area (Å²) in [6, 6.07) is 13.8. The highest BCUT2D eigenvalue weighted by Gasteiger charge is 2.16. The number of benzene rings is 2. The molecule has 0 N–H and O–H groups in total. The van der Waals surface area contributed by atoms with Gasteiger partial charge in [-0.05, 0) is 24.6 Å². The predicted octanol–water partition coefficient (Wildman–Crippen LogP) is 4.12. The summed E-state index contributed by atoms with van der Waals surface area (Å²) in [5.74, 6) is 2.38. The van der Waals surface area contributed by atoms with Crippen LogP contribution in [0.15, 0.2) is 47.5 Å². The molecule has 0 saturated carbocycles. The number of fused-ring (bicyclic) bond motifs is 1. The standard InChI is InChI=1S/C22H26N2O4S2/c1-4-28-13-12-24-20-17(26-2)10-11-18(27-3)21(20)30-22(24)23-19(25)15-29-14-16-8-6-5-7-9-16/h5-11H,4,12-15H2,1-3H3. The third-order valence-corrected chi connectivity index (χ3v) is 6.49. The fourth-order valence-corrected chi connectivity index (χ4v) is 4.97. The van der Waals surface area contributed by atoms with Crippen molar-refractivity contribution in [2.45, 2.75) is 19.2 Å². The minimum atomic E-state index is -0.161. The highest BCUT2D eigenvalue weighted by molar-refractivity contribution is 7.99. The summed E-state index contributed by atoms with van der Waals surface area (Å²) < 4.78 is 19.5. The third kappa shape index (κ3) is 5.44. The molecule has 0 aliphatic carbocycles. The molecule has 160 valence electrons. The second-order valence-corrected chi connectivity index (χ2v) is 8.33. The molecule has 0 saturated heterocycles. The van der Waals surface area contributed by atoms with Gasteiger partial charge in [0.2, 0.25) is 0 Å². The van der Waals surface area contributed by atoms with Crippen LogP contribution in [0.25, 0.3) is 10.2 Å². The van der Waals surface area contributed by atoms with Gasteiger partial charge >= 0.3 is 0 Å². The number of thioether (sulfide) groups is 1. The number of nitrogens with zero attached hydrogens (tertiary/aromatic N) is 2. The van der Waals surface area contributed by atoms with E-state index in [-0.39, 0.29) is 5.91 Å². The molecule has 0 spiro atoms. The van der Waals surface area contributed by atoms with Crippen molar-refractivity contribution >= 4 is 39.2 Å². The molecule has 0 unspecified atom stereocenters. The first-order chi connectivity index (χ1) is 14.7. The minimum absolute atomic E-state index is 0.161. The van der Waals surface area contributed by atoms with Crippen molar-refractivity contribution < 1.29 is 19.0 Å². The predicted molar refractivity (Wildman–Crippen MR) is 123 cm³/mol. The lowest BCUT2D eigenvalue weighted by atomic mass is 10.2. The van der Waals surface area contributed by atoms with Gasteiger partial charge in [0.15, 0.2) is 4.80 Å². The Kier molecular flexibility index (Phi) is 8.36. The second-order valence-electron chi connectivity index (χ2n) is 6.36. The maximum Gasteiger partial charge on any atom is 0.258 e. The molecular formula is C22H26N2O4S2. The van der Waals surface area contributed by atoms with Crippen molar-refractivity contribution in [3.63, 3.8) is 0 Å². The summed E-state index contributed by atoms with van der Waals surface area (Å²) in [5, 5.41) is 0. The number of rotatable bonds is 10. The average molecular weight is 447 g/mol. The number of methoxy groups -OCH3 is 2. The van der Waals surface area contributed by atoms with Crippen molar-refractivity contribution in [2.75, 3.05) is 33.2 Å². The van der Waals surface area contributed by atoms with Crippen LogP contribution in [0.3, 0.4) is 0 Å². The molecule has 0 radical (unpaired) electrons. The van der Waals surface area contributed by atoms with E-state index < -0.39 is 0 Å². The summed E-state index contributed by atoms with van der Waals surface area (Å²) in [6.07, 6.45) is 0. The van der Waals surface area contributed by atoms with Crippen LogP contribution in [-0.4, -0.2) is 43.7 Å². The molecular weight excluding hydrogens is 420 g/mol. The SMILES string of the molecule is CCOCCn1c(=NC(=O)CSCc2ccccc2)sc2c(OC)ccc(OC)c21. The van der Waals surface area contributed by atoms with Crippen molar-refractivity contribution in [3.05, 3.63) is 52.8 Å². The van der Waals surface area contributed by atoms with Crippen molar-refractivity contribution in [2.24, 2.45) is 4.99 Å². The van der Waals surface area contributed by atoms with Gasteiger partial charge in [-0.25, -0.2) is 0 Å². The number of hydrogen-bond acceptors (Lipinski definition) is 6. The van der Waals surface area contributed by atoms with Crippen LogP contribution in [0.1, 0.15) is 12.5 Å². The van der Waals surface area contributed by atoms with Gasteiger partial charge in [0.25, 0.3) is 5.91 Å². The van der Waals surface area contributed by atoms with Crippen LogP contribution in [0, 0.1) is 0 Å². The van der Waals surface area contributed by atoms with E-state index in [4.69, 9.17) is 14.2 Å². The fraction of sp³-hybridized carbons (Fsp3) is 0.364. The van der Waals surface area contributed by atoms with Crippen LogP contribution in [-0.2, 0) is 21.8 Å². The van der Waals surface area contributed by atoms with E-state index in [2.05, 4.69) is 17.1 Å². The zero-order chi connectivity index (χ0) is 21.3. The average Bonchev–Trinajstić information content (AvgIpc) is 3.12. The van der Waals surface area contributed by atoms with Gasteiger partial charge in [0.05, 0.1) is 26.6 Å². The monoisotopic (exact) mass is 446 g/mol. The van der Waals surface area contributed by atoms with Crippen LogP contribution in [0.2, 0.25) is 0 Å².